The van der Waals surface area contributed by atoms with Crippen LogP contribution in [0.2, 0.25) is 5.28 Å². The molecule has 0 bridgehead atoms. The van der Waals surface area contributed by atoms with E-state index in [4.69, 9.17) is 26.0 Å². The van der Waals surface area contributed by atoms with Gasteiger partial charge in [-0.3, -0.25) is 9.63 Å². The highest BCUT2D eigenvalue weighted by Crippen LogP contribution is 2.33. The highest BCUT2D eigenvalue weighted by Gasteiger charge is 2.32. The Morgan fingerprint density at radius 3 is 2.51 bits per heavy atom. The standard InChI is InChI=1S/C15H14ClN5.C12H17FN2O2.CH3NO/c1-10-13(11-8-18-15(16)19-9-11)20-21(14(10)17-2)12-6-4-3-5-7-12;1-9-8-15(5-6-16-2)17-12(9)10-3-4-14-11(13)7-10;2-1-3/h3-9,17H,1-2H3;3-4,7,9,12H,5-6,8H2,1-2H3;1H,(H2,2,3)/t;9-,12-;/m.1./s1. The van der Waals surface area contributed by atoms with Gasteiger partial charge in [0.25, 0.3) is 0 Å². The van der Waals surface area contributed by atoms with Crippen LogP contribution in [0.15, 0.2) is 61.1 Å². The van der Waals surface area contributed by atoms with E-state index >= 15 is 0 Å². The molecule has 1 saturated heterocycles. The van der Waals surface area contributed by atoms with Crippen LogP contribution >= 0.6 is 11.6 Å². The number of rotatable bonds is 7. The number of carbonyl (C=O) groups excluding carboxylic acids is 1. The molecule has 4 heterocycles. The molecule has 1 fully saturated rings. The summed E-state index contributed by atoms with van der Waals surface area (Å²) in [4.78, 5) is 25.9. The number of pyridine rings is 1. The Kier molecular flexibility index (Phi) is 12.1. The van der Waals surface area contributed by atoms with Crippen molar-refractivity contribution in [3.05, 3.63) is 83.4 Å². The van der Waals surface area contributed by atoms with Gasteiger partial charge in [0.2, 0.25) is 17.6 Å². The van der Waals surface area contributed by atoms with Crippen molar-refractivity contribution in [2.24, 2.45) is 11.7 Å². The van der Waals surface area contributed by atoms with Crippen molar-refractivity contribution in [3.8, 4) is 16.9 Å². The number of halogens is 2. The van der Waals surface area contributed by atoms with Crippen LogP contribution in [-0.4, -0.2) is 70.1 Å². The first kappa shape index (κ1) is 31.6. The summed E-state index contributed by atoms with van der Waals surface area (Å²) in [6, 6.07) is 13.2. The number of methoxy groups -OCH3 is 1. The molecule has 41 heavy (non-hydrogen) atoms. The van der Waals surface area contributed by atoms with Gasteiger partial charge < -0.3 is 15.8 Å². The van der Waals surface area contributed by atoms with Gasteiger partial charge in [-0.15, -0.1) is 0 Å². The quantitative estimate of drug-likeness (QED) is 0.186. The molecular formula is C28H34ClFN8O3. The van der Waals surface area contributed by atoms with E-state index in [0.717, 1.165) is 47.0 Å². The van der Waals surface area contributed by atoms with Crippen molar-refractivity contribution >= 4 is 23.8 Å². The topological polar surface area (TPSA) is 133 Å². The number of aromatic nitrogens is 5. The fraction of sp³-hybridized carbons (Fsp3) is 0.321. The molecule has 5 rings (SSSR count). The maximum atomic E-state index is 13.0. The predicted molar refractivity (Wildman–Crippen MR) is 155 cm³/mol. The number of carbonyl (C=O) groups is 1. The van der Waals surface area contributed by atoms with E-state index in [-0.39, 0.29) is 17.8 Å². The van der Waals surface area contributed by atoms with Crippen LogP contribution in [0.4, 0.5) is 10.2 Å². The lowest BCUT2D eigenvalue weighted by atomic mass is 9.99. The second-order valence-electron chi connectivity index (χ2n) is 8.99. The molecule has 0 aliphatic carbocycles. The first-order valence-electron chi connectivity index (χ1n) is 12.8. The average Bonchev–Trinajstić information content (AvgIpc) is 3.52. The van der Waals surface area contributed by atoms with Gasteiger partial charge in [0, 0.05) is 62.9 Å². The second kappa shape index (κ2) is 15.7. The molecule has 1 aromatic carbocycles. The van der Waals surface area contributed by atoms with E-state index in [1.807, 2.05) is 54.0 Å². The third-order valence-corrected chi connectivity index (χ3v) is 6.34. The van der Waals surface area contributed by atoms with Crippen LogP contribution in [0.3, 0.4) is 0 Å². The molecule has 3 N–H and O–H groups in total. The number of hydrogen-bond acceptors (Lipinski definition) is 9. The summed E-state index contributed by atoms with van der Waals surface area (Å²) in [6.45, 7) is 6.30. The Hall–Kier alpha value is -3.97. The Bertz CT molecular complexity index is 1370. The molecule has 13 heteroatoms. The number of nitrogens with one attached hydrogen (secondary N) is 1. The molecule has 0 saturated carbocycles. The Labute approximate surface area is 243 Å². The van der Waals surface area contributed by atoms with Crippen LogP contribution < -0.4 is 11.1 Å². The van der Waals surface area contributed by atoms with Crippen molar-refractivity contribution in [2.45, 2.75) is 20.0 Å². The lowest BCUT2D eigenvalue weighted by molar-refractivity contribution is -0.154. The van der Waals surface area contributed by atoms with Gasteiger partial charge in [-0.25, -0.2) is 19.6 Å². The number of ether oxygens (including phenoxy) is 1. The SMILES string of the molecule is CNc1c(C)c(-c2cnc(Cl)nc2)nn1-c1ccccc1.COCCN1C[C@@H](C)[C@H](c2ccnc(F)c2)O1.NC=O. The van der Waals surface area contributed by atoms with Crippen LogP contribution in [0.1, 0.15) is 24.2 Å². The molecule has 11 nitrogen and oxygen atoms in total. The third-order valence-electron chi connectivity index (χ3n) is 6.15. The average molecular weight is 585 g/mol. The summed E-state index contributed by atoms with van der Waals surface area (Å²) in [7, 11) is 3.54. The number of benzene rings is 1. The van der Waals surface area contributed by atoms with E-state index in [1.54, 1.807) is 25.6 Å². The molecule has 1 aliphatic heterocycles. The zero-order chi connectivity index (χ0) is 29.8. The minimum Gasteiger partial charge on any atom is -0.383 e. The van der Waals surface area contributed by atoms with Gasteiger partial charge >= 0.3 is 0 Å². The van der Waals surface area contributed by atoms with Gasteiger partial charge in [0.1, 0.15) is 17.6 Å². The van der Waals surface area contributed by atoms with Crippen molar-refractivity contribution in [2.75, 3.05) is 39.2 Å². The van der Waals surface area contributed by atoms with Crippen LogP contribution in [0.5, 0.6) is 0 Å². The number of hydroxylamine groups is 2. The molecule has 0 spiro atoms. The van der Waals surface area contributed by atoms with Gasteiger partial charge in [-0.1, -0.05) is 25.1 Å². The summed E-state index contributed by atoms with van der Waals surface area (Å²) in [5, 5.41) is 9.98. The molecule has 3 aromatic heterocycles. The maximum absolute atomic E-state index is 13.0. The van der Waals surface area contributed by atoms with Crippen molar-refractivity contribution < 1.29 is 18.8 Å². The fourth-order valence-corrected chi connectivity index (χ4v) is 4.40. The van der Waals surface area contributed by atoms with E-state index in [2.05, 4.69) is 38.0 Å². The summed E-state index contributed by atoms with van der Waals surface area (Å²) < 4.78 is 19.9. The number of hydrogen-bond donors (Lipinski definition) is 2. The summed E-state index contributed by atoms with van der Waals surface area (Å²) in [5.74, 6) is 0.799. The molecule has 2 atom stereocenters. The lowest BCUT2D eigenvalue weighted by Crippen LogP contribution is -2.23. The number of para-hydroxylation sites is 1. The second-order valence-corrected chi connectivity index (χ2v) is 9.33. The zero-order valence-electron chi connectivity index (χ0n) is 23.4. The largest absolute Gasteiger partial charge is 0.383 e. The monoisotopic (exact) mass is 584 g/mol. The van der Waals surface area contributed by atoms with Crippen LogP contribution in [-0.2, 0) is 14.4 Å². The molecule has 1 amide bonds. The summed E-state index contributed by atoms with van der Waals surface area (Å²) in [6.07, 6.45) is 4.99. The number of nitrogens with zero attached hydrogens (tertiary/aromatic N) is 6. The van der Waals surface area contributed by atoms with E-state index in [9.17, 15) is 4.39 Å². The first-order valence-corrected chi connectivity index (χ1v) is 13.2. The van der Waals surface area contributed by atoms with Crippen molar-refractivity contribution in [3.63, 3.8) is 0 Å². The van der Waals surface area contributed by atoms with Crippen LogP contribution in [0.25, 0.3) is 16.9 Å². The minimum absolute atomic E-state index is 0.0932. The van der Waals surface area contributed by atoms with Gasteiger partial charge in [0.15, 0.2) is 0 Å². The van der Waals surface area contributed by atoms with Gasteiger partial charge in [-0.05, 0) is 48.4 Å². The highest BCUT2D eigenvalue weighted by molar-refractivity contribution is 6.28. The minimum atomic E-state index is -0.464. The summed E-state index contributed by atoms with van der Waals surface area (Å²) in [5.41, 5.74) is 8.70. The van der Waals surface area contributed by atoms with Gasteiger partial charge in [0.05, 0.1) is 12.3 Å². The number of nitrogens with two attached hydrogens (primary N) is 1. The van der Waals surface area contributed by atoms with Crippen LogP contribution in [0, 0.1) is 18.8 Å². The molecular weight excluding hydrogens is 551 g/mol. The van der Waals surface area contributed by atoms with E-state index in [0.29, 0.717) is 12.5 Å². The Balaban J connectivity index is 0.000000210. The lowest BCUT2D eigenvalue weighted by Gasteiger charge is -2.16. The maximum Gasteiger partial charge on any atom is 0.222 e. The smallest absolute Gasteiger partial charge is 0.222 e. The van der Waals surface area contributed by atoms with Gasteiger partial charge in [-0.2, -0.15) is 14.6 Å². The first-order chi connectivity index (χ1) is 19.8. The predicted octanol–water partition coefficient (Wildman–Crippen LogP) is 4.23. The zero-order valence-corrected chi connectivity index (χ0v) is 24.1. The van der Waals surface area contributed by atoms with E-state index < -0.39 is 5.95 Å². The third kappa shape index (κ3) is 8.51. The molecule has 218 valence electrons. The molecule has 0 radical (unpaired) electrons. The van der Waals surface area contributed by atoms with Crippen molar-refractivity contribution in [1.29, 1.82) is 0 Å². The Morgan fingerprint density at radius 1 is 1.22 bits per heavy atom. The van der Waals surface area contributed by atoms with Crippen molar-refractivity contribution in [1.82, 2.24) is 29.8 Å². The number of primary amides is 1. The molecule has 4 aromatic rings. The number of amides is 1. The fourth-order valence-electron chi connectivity index (χ4n) is 4.30. The van der Waals surface area contributed by atoms with E-state index in [1.165, 1.54) is 12.3 Å². The number of anilines is 1. The normalized spacial score (nSPS) is 16.2. The molecule has 0 unspecified atom stereocenters. The summed E-state index contributed by atoms with van der Waals surface area (Å²) >= 11 is 5.74. The highest BCUT2D eigenvalue weighted by atomic mass is 35.5. The molecule has 1 aliphatic rings. The Morgan fingerprint density at radius 2 is 1.90 bits per heavy atom.